The normalized spacial score (nSPS) is 20.7. The lowest BCUT2D eigenvalue weighted by Gasteiger charge is -2.17. The van der Waals surface area contributed by atoms with Crippen LogP contribution in [0.2, 0.25) is 0 Å². The summed E-state index contributed by atoms with van der Waals surface area (Å²) in [4.78, 5) is 32.2. The van der Waals surface area contributed by atoms with E-state index in [-0.39, 0.29) is 19.4 Å². The average Bonchev–Trinajstić information content (AvgIpc) is 2.31. The molecule has 0 atom stereocenters. The number of carboxylic acid groups (broad SMARTS) is 1. The first kappa shape index (κ1) is 9.82. The van der Waals surface area contributed by atoms with Gasteiger partial charge in [-0.25, -0.2) is 14.8 Å². The number of carbonyl (C=O) groups excluding carboxylic acids is 2. The summed E-state index contributed by atoms with van der Waals surface area (Å²) in [6.07, 6.45) is -0.405. The number of nitrogens with zero attached hydrogens (tertiary/aromatic N) is 1. The van der Waals surface area contributed by atoms with E-state index in [0.29, 0.717) is 0 Å². The van der Waals surface area contributed by atoms with E-state index in [1.807, 2.05) is 0 Å². The zero-order valence-corrected chi connectivity index (χ0v) is 6.89. The summed E-state index contributed by atoms with van der Waals surface area (Å²) in [5, 5.41) is 17.8. The summed E-state index contributed by atoms with van der Waals surface area (Å²) in [7, 11) is 0. The number of aliphatic carboxylic acids is 1. The first-order chi connectivity index (χ1) is 5.97. The van der Waals surface area contributed by atoms with Crippen LogP contribution in [0.3, 0.4) is 0 Å². The van der Waals surface area contributed by atoms with Gasteiger partial charge in [-0.1, -0.05) is 4.65 Å². The molecule has 1 aliphatic rings. The monoisotopic (exact) mass is 188 g/mol. The Morgan fingerprint density at radius 3 is 2.15 bits per heavy atom. The Balaban J connectivity index is 2.68. The van der Waals surface area contributed by atoms with Gasteiger partial charge in [0.25, 0.3) is 0 Å². The summed E-state index contributed by atoms with van der Waals surface area (Å²) in [5.41, 5.74) is 0. The molecular formula is C7H10NO5+. The van der Waals surface area contributed by atoms with Crippen LogP contribution in [0.4, 0.5) is 0 Å². The Morgan fingerprint density at radius 1 is 1.31 bits per heavy atom. The van der Waals surface area contributed by atoms with E-state index in [0.717, 1.165) is 0 Å². The van der Waals surface area contributed by atoms with Crippen LogP contribution in [-0.2, 0) is 14.4 Å². The Morgan fingerprint density at radius 2 is 1.77 bits per heavy atom. The molecule has 0 aromatic carbocycles. The zero-order chi connectivity index (χ0) is 10.1. The van der Waals surface area contributed by atoms with Crippen molar-refractivity contribution >= 4 is 17.8 Å². The molecule has 0 aliphatic carbocycles. The summed E-state index contributed by atoms with van der Waals surface area (Å²) >= 11 is 0. The molecule has 0 bridgehead atoms. The smallest absolute Gasteiger partial charge is 0.353 e. The molecule has 0 saturated carbocycles. The number of carbonyl (C=O) groups is 3. The van der Waals surface area contributed by atoms with E-state index < -0.39 is 28.9 Å². The lowest BCUT2D eigenvalue weighted by molar-refractivity contribution is -0.970. The molecular weight excluding hydrogens is 178 g/mol. The highest BCUT2D eigenvalue weighted by Gasteiger charge is 2.49. The third-order valence-corrected chi connectivity index (χ3v) is 2.03. The molecule has 6 nitrogen and oxygen atoms in total. The van der Waals surface area contributed by atoms with Crippen LogP contribution in [0.1, 0.15) is 19.3 Å². The summed E-state index contributed by atoms with van der Waals surface area (Å²) in [6.45, 7) is -0.368. The zero-order valence-electron chi connectivity index (χ0n) is 6.89. The van der Waals surface area contributed by atoms with Crippen LogP contribution in [0.15, 0.2) is 0 Å². The number of rotatable bonds is 3. The third-order valence-electron chi connectivity index (χ3n) is 2.03. The van der Waals surface area contributed by atoms with Crippen LogP contribution in [-0.4, -0.2) is 39.3 Å². The molecule has 1 heterocycles. The quantitative estimate of drug-likeness (QED) is 0.354. The number of hydrogen-bond acceptors (Lipinski definition) is 4. The van der Waals surface area contributed by atoms with Crippen molar-refractivity contribution in [1.29, 1.82) is 0 Å². The fraction of sp³-hybridized carbons (Fsp3) is 0.571. The number of hydroxylamine groups is 3. The number of amides is 2. The van der Waals surface area contributed by atoms with Gasteiger partial charge in [0.15, 0.2) is 0 Å². The minimum absolute atomic E-state index is 0.00501. The standard InChI is InChI=1S/C7H9NO5/c9-5-1-2-6(10)8(5,13)4-3-7(11)12/h13H,1-4H2/p+1. The Labute approximate surface area is 73.9 Å². The molecule has 0 aromatic heterocycles. The van der Waals surface area contributed by atoms with Crippen molar-refractivity contribution in [3.8, 4) is 0 Å². The maximum atomic E-state index is 11.0. The van der Waals surface area contributed by atoms with Crippen molar-refractivity contribution in [3.05, 3.63) is 0 Å². The van der Waals surface area contributed by atoms with Gasteiger partial charge in [0.2, 0.25) is 0 Å². The second-order valence-electron chi connectivity index (χ2n) is 2.92. The molecule has 1 rings (SSSR count). The number of hydrogen-bond donors (Lipinski definition) is 2. The first-order valence-corrected chi connectivity index (χ1v) is 3.86. The molecule has 1 aliphatic heterocycles. The van der Waals surface area contributed by atoms with Gasteiger partial charge in [0.1, 0.15) is 6.54 Å². The minimum Gasteiger partial charge on any atom is -0.481 e. The summed E-state index contributed by atoms with van der Waals surface area (Å²) in [6, 6.07) is 0. The number of likely N-dealkylation sites (tertiary alicyclic amines) is 1. The van der Waals surface area contributed by atoms with Gasteiger partial charge in [-0.15, -0.1) is 0 Å². The van der Waals surface area contributed by atoms with E-state index in [2.05, 4.69) is 0 Å². The highest BCUT2D eigenvalue weighted by atomic mass is 16.6. The maximum absolute atomic E-state index is 11.0. The van der Waals surface area contributed by atoms with Gasteiger partial charge in [-0.05, 0) is 0 Å². The molecule has 2 N–H and O–H groups in total. The molecule has 0 unspecified atom stereocenters. The van der Waals surface area contributed by atoms with Gasteiger partial charge in [-0.2, -0.15) is 0 Å². The van der Waals surface area contributed by atoms with Gasteiger partial charge in [-0.3, -0.25) is 4.79 Å². The molecule has 6 heteroatoms. The fourth-order valence-electron chi connectivity index (χ4n) is 1.23. The van der Waals surface area contributed by atoms with Crippen molar-refractivity contribution in [2.24, 2.45) is 0 Å². The van der Waals surface area contributed by atoms with Crippen LogP contribution < -0.4 is 0 Å². The topological polar surface area (TPSA) is 91.7 Å². The second kappa shape index (κ2) is 3.23. The number of quaternary nitrogens is 1. The summed E-state index contributed by atoms with van der Waals surface area (Å²) < 4.78 is -1.34. The Bertz CT molecular complexity index is 256. The largest absolute Gasteiger partial charge is 0.481 e. The minimum atomic E-state index is -1.34. The Hall–Kier alpha value is -1.27. The Kier molecular flexibility index (Phi) is 2.44. The SMILES string of the molecule is O=C(O)CC[N+]1(O)C(=O)CCC1=O. The van der Waals surface area contributed by atoms with E-state index >= 15 is 0 Å². The molecule has 0 aromatic rings. The van der Waals surface area contributed by atoms with E-state index in [4.69, 9.17) is 5.11 Å². The van der Waals surface area contributed by atoms with Crippen LogP contribution >= 0.6 is 0 Å². The van der Waals surface area contributed by atoms with E-state index in [1.54, 1.807) is 0 Å². The average molecular weight is 188 g/mol. The van der Waals surface area contributed by atoms with Gasteiger partial charge >= 0.3 is 17.8 Å². The van der Waals surface area contributed by atoms with Gasteiger partial charge < -0.3 is 5.11 Å². The molecule has 1 fully saturated rings. The second-order valence-corrected chi connectivity index (χ2v) is 2.92. The molecule has 72 valence electrons. The highest BCUT2D eigenvalue weighted by molar-refractivity contribution is 5.91. The van der Waals surface area contributed by atoms with Crippen LogP contribution in [0.25, 0.3) is 0 Å². The fourth-order valence-corrected chi connectivity index (χ4v) is 1.23. The predicted octanol–water partition coefficient (Wildman–Crippen LogP) is -0.486. The van der Waals surface area contributed by atoms with Crippen molar-refractivity contribution in [2.75, 3.05) is 6.54 Å². The maximum Gasteiger partial charge on any atom is 0.353 e. The van der Waals surface area contributed by atoms with Crippen molar-refractivity contribution in [3.63, 3.8) is 0 Å². The van der Waals surface area contributed by atoms with Gasteiger partial charge in [0, 0.05) is 0 Å². The molecule has 1 saturated heterocycles. The van der Waals surface area contributed by atoms with Crippen LogP contribution in [0, 0.1) is 0 Å². The predicted molar refractivity (Wildman–Crippen MR) is 38.4 cm³/mol. The van der Waals surface area contributed by atoms with Crippen molar-refractivity contribution in [2.45, 2.75) is 19.3 Å². The molecule has 0 spiro atoms. The lowest BCUT2D eigenvalue weighted by atomic mass is 10.4. The lowest BCUT2D eigenvalue weighted by Crippen LogP contribution is -2.50. The molecule has 2 amide bonds. The first-order valence-electron chi connectivity index (χ1n) is 3.86. The van der Waals surface area contributed by atoms with Crippen LogP contribution in [0.5, 0.6) is 0 Å². The molecule has 13 heavy (non-hydrogen) atoms. The number of carboxylic acids is 1. The van der Waals surface area contributed by atoms with E-state index in [1.165, 1.54) is 0 Å². The van der Waals surface area contributed by atoms with E-state index in [9.17, 15) is 19.6 Å². The molecule has 0 radical (unpaired) electrons. The van der Waals surface area contributed by atoms with Gasteiger partial charge in [0.05, 0.1) is 19.3 Å². The van der Waals surface area contributed by atoms with Crippen molar-refractivity contribution < 1.29 is 29.3 Å². The highest BCUT2D eigenvalue weighted by Crippen LogP contribution is 2.19. The third kappa shape index (κ3) is 1.73. The summed E-state index contributed by atoms with van der Waals surface area (Å²) in [5.74, 6) is -2.38. The number of imide groups is 1. The van der Waals surface area contributed by atoms with Crippen molar-refractivity contribution in [1.82, 2.24) is 0 Å².